The van der Waals surface area contributed by atoms with Crippen LogP contribution in [-0.4, -0.2) is 29.1 Å². The van der Waals surface area contributed by atoms with Crippen molar-refractivity contribution in [2.75, 3.05) is 13.1 Å². The van der Waals surface area contributed by atoms with Gasteiger partial charge in [0, 0.05) is 4.47 Å². The van der Waals surface area contributed by atoms with E-state index in [0.717, 1.165) is 34.4 Å². The second-order valence-electron chi connectivity index (χ2n) is 7.92. The summed E-state index contributed by atoms with van der Waals surface area (Å²) in [7, 11) is 0. The van der Waals surface area contributed by atoms with Crippen LogP contribution in [0.2, 0.25) is 0 Å². The molecule has 1 saturated heterocycles. The molecule has 1 atom stereocenters. The molecule has 1 unspecified atom stereocenters. The van der Waals surface area contributed by atoms with E-state index in [-0.39, 0.29) is 12.0 Å². The number of aliphatic carboxylic acids is 1. The molecule has 160 valence electrons. The number of carboxylic acid groups (broad SMARTS) is 1. The number of carbonyl (C=O) groups is 1. The largest absolute Gasteiger partial charge is 0.489 e. The van der Waals surface area contributed by atoms with Gasteiger partial charge in [0.15, 0.2) is 0 Å². The molecule has 31 heavy (non-hydrogen) atoms. The van der Waals surface area contributed by atoms with Crippen molar-refractivity contribution in [3.63, 3.8) is 0 Å². The van der Waals surface area contributed by atoms with Crippen LogP contribution in [0.15, 0.2) is 83.3 Å². The van der Waals surface area contributed by atoms with Crippen molar-refractivity contribution in [2.45, 2.75) is 25.5 Å². The summed E-state index contributed by atoms with van der Waals surface area (Å²) >= 11 is 3.72. The molecule has 0 bridgehead atoms. The highest BCUT2D eigenvalue weighted by Crippen LogP contribution is 2.37. The summed E-state index contributed by atoms with van der Waals surface area (Å²) in [5, 5.41) is 9.39. The lowest BCUT2D eigenvalue weighted by Crippen LogP contribution is -2.39. The van der Waals surface area contributed by atoms with Crippen molar-refractivity contribution >= 4 is 21.9 Å². The van der Waals surface area contributed by atoms with Gasteiger partial charge >= 0.3 is 5.97 Å². The first-order valence-electron chi connectivity index (χ1n) is 10.6. The molecule has 4 nitrogen and oxygen atoms in total. The highest BCUT2D eigenvalue weighted by molar-refractivity contribution is 9.10. The molecule has 1 N–H and O–H groups in total. The van der Waals surface area contributed by atoms with Crippen LogP contribution < -0.4 is 4.74 Å². The summed E-state index contributed by atoms with van der Waals surface area (Å²) in [4.78, 5) is 13.8. The molecular formula is C26H26BrNO3. The Kier molecular flexibility index (Phi) is 7.05. The Labute approximate surface area is 191 Å². The number of nitrogens with zero attached hydrogens (tertiary/aromatic N) is 1. The van der Waals surface area contributed by atoms with Gasteiger partial charge in [0.2, 0.25) is 0 Å². The number of likely N-dealkylation sites (tertiary alicyclic amines) is 1. The molecule has 1 fully saturated rings. The predicted octanol–water partition coefficient (Wildman–Crippen LogP) is 5.91. The lowest BCUT2D eigenvalue weighted by Gasteiger charge is -2.37. The Morgan fingerprint density at radius 2 is 1.71 bits per heavy atom. The van der Waals surface area contributed by atoms with Crippen molar-refractivity contribution in [1.82, 2.24) is 4.90 Å². The average Bonchev–Trinajstić information content (AvgIpc) is 2.80. The van der Waals surface area contributed by atoms with Crippen LogP contribution in [0, 0.1) is 5.92 Å². The lowest BCUT2D eigenvalue weighted by molar-refractivity contribution is -0.143. The van der Waals surface area contributed by atoms with Crippen LogP contribution in [0.5, 0.6) is 5.75 Å². The van der Waals surface area contributed by atoms with Gasteiger partial charge in [-0.2, -0.15) is 0 Å². The van der Waals surface area contributed by atoms with Crippen molar-refractivity contribution in [1.29, 1.82) is 0 Å². The second-order valence-corrected chi connectivity index (χ2v) is 8.77. The standard InChI is InChI=1S/C26H26BrNO3/c27-24-12-5-4-11-23(24)25(28-15-13-20(14-16-28)26(29)30)21-9-6-10-22(17-21)31-18-19-7-2-1-3-8-19/h1-12,17,20,25H,13-16,18H2,(H,29,30). The van der Waals surface area contributed by atoms with Gasteiger partial charge in [-0.15, -0.1) is 0 Å². The number of hydrogen-bond acceptors (Lipinski definition) is 3. The quantitative estimate of drug-likeness (QED) is 0.457. The normalized spacial score (nSPS) is 16.0. The molecule has 4 rings (SSSR count). The monoisotopic (exact) mass is 479 g/mol. The Hall–Kier alpha value is -2.63. The second kappa shape index (κ2) is 10.1. The van der Waals surface area contributed by atoms with Gasteiger partial charge in [-0.1, -0.05) is 76.6 Å². The number of rotatable bonds is 7. The molecule has 0 amide bonds. The van der Waals surface area contributed by atoms with E-state index >= 15 is 0 Å². The summed E-state index contributed by atoms with van der Waals surface area (Å²) in [5.74, 6) is -0.108. The van der Waals surface area contributed by atoms with Gasteiger partial charge in [0.1, 0.15) is 12.4 Å². The van der Waals surface area contributed by atoms with Crippen molar-refractivity contribution in [3.8, 4) is 5.75 Å². The summed E-state index contributed by atoms with van der Waals surface area (Å²) in [6.07, 6.45) is 1.33. The van der Waals surface area contributed by atoms with Crippen LogP contribution in [0.4, 0.5) is 0 Å². The highest BCUT2D eigenvalue weighted by Gasteiger charge is 2.31. The van der Waals surface area contributed by atoms with Crippen LogP contribution in [0.3, 0.4) is 0 Å². The molecule has 1 aliphatic rings. The van der Waals surface area contributed by atoms with Gasteiger partial charge in [-0.05, 0) is 60.8 Å². The number of hydrogen-bond donors (Lipinski definition) is 1. The van der Waals surface area contributed by atoms with Gasteiger partial charge in [-0.3, -0.25) is 9.69 Å². The molecule has 0 saturated carbocycles. The van der Waals surface area contributed by atoms with Crippen molar-refractivity contribution in [2.24, 2.45) is 5.92 Å². The fourth-order valence-corrected chi connectivity index (χ4v) is 4.71. The molecule has 0 radical (unpaired) electrons. The summed E-state index contributed by atoms with van der Waals surface area (Å²) in [6, 6.07) is 26.7. The third-order valence-corrected chi connectivity index (χ3v) is 6.59. The zero-order valence-corrected chi connectivity index (χ0v) is 18.9. The molecule has 1 heterocycles. The summed E-state index contributed by atoms with van der Waals surface area (Å²) in [5.41, 5.74) is 3.45. The third kappa shape index (κ3) is 5.35. The SMILES string of the molecule is O=C(O)C1CCN(C(c2cccc(OCc3ccccc3)c2)c2ccccc2Br)CC1. The average molecular weight is 480 g/mol. The van der Waals surface area contributed by atoms with E-state index in [1.807, 2.05) is 42.5 Å². The fraction of sp³-hybridized carbons (Fsp3) is 0.269. The molecule has 1 aliphatic heterocycles. The number of piperidine rings is 1. The van der Waals surface area contributed by atoms with E-state index in [9.17, 15) is 9.90 Å². The van der Waals surface area contributed by atoms with Gasteiger partial charge < -0.3 is 9.84 Å². The van der Waals surface area contributed by atoms with Crippen LogP contribution in [-0.2, 0) is 11.4 Å². The highest BCUT2D eigenvalue weighted by atomic mass is 79.9. The molecule has 5 heteroatoms. The molecule has 0 aliphatic carbocycles. The van der Waals surface area contributed by atoms with Gasteiger partial charge in [0.05, 0.1) is 12.0 Å². The first-order valence-corrected chi connectivity index (χ1v) is 11.4. The zero-order valence-electron chi connectivity index (χ0n) is 17.3. The minimum atomic E-state index is -0.687. The smallest absolute Gasteiger partial charge is 0.306 e. The number of benzene rings is 3. The first-order chi connectivity index (χ1) is 15.1. The molecule has 3 aromatic carbocycles. The van der Waals surface area contributed by atoms with E-state index in [1.54, 1.807) is 0 Å². The molecular weight excluding hydrogens is 454 g/mol. The minimum absolute atomic E-state index is 0.0330. The van der Waals surface area contributed by atoms with Crippen LogP contribution in [0.25, 0.3) is 0 Å². The summed E-state index contributed by atoms with van der Waals surface area (Å²) < 4.78 is 7.13. The van der Waals surface area contributed by atoms with E-state index < -0.39 is 5.97 Å². The van der Waals surface area contributed by atoms with E-state index in [2.05, 4.69) is 57.2 Å². The fourth-order valence-electron chi connectivity index (χ4n) is 4.20. The number of halogens is 1. The maximum absolute atomic E-state index is 11.4. The lowest BCUT2D eigenvalue weighted by atomic mass is 9.91. The third-order valence-electron chi connectivity index (χ3n) is 5.87. The number of ether oxygens (including phenoxy) is 1. The predicted molar refractivity (Wildman–Crippen MR) is 125 cm³/mol. The van der Waals surface area contributed by atoms with Crippen molar-refractivity contribution < 1.29 is 14.6 Å². The zero-order chi connectivity index (χ0) is 21.6. The molecule has 0 spiro atoms. The molecule has 3 aromatic rings. The van der Waals surface area contributed by atoms with E-state index in [0.29, 0.717) is 19.4 Å². The Morgan fingerprint density at radius 3 is 2.42 bits per heavy atom. The number of carboxylic acids is 1. The summed E-state index contributed by atoms with van der Waals surface area (Å²) in [6.45, 7) is 2.02. The van der Waals surface area contributed by atoms with E-state index in [4.69, 9.17) is 4.74 Å². The van der Waals surface area contributed by atoms with Crippen LogP contribution in [0.1, 0.15) is 35.6 Å². The van der Waals surface area contributed by atoms with Gasteiger partial charge in [-0.25, -0.2) is 0 Å². The van der Waals surface area contributed by atoms with Gasteiger partial charge in [0.25, 0.3) is 0 Å². The Balaban J connectivity index is 1.60. The molecule has 0 aromatic heterocycles. The maximum atomic E-state index is 11.4. The van der Waals surface area contributed by atoms with Crippen LogP contribution >= 0.6 is 15.9 Å². The maximum Gasteiger partial charge on any atom is 0.306 e. The Bertz CT molecular complexity index is 1020. The topological polar surface area (TPSA) is 49.8 Å². The minimum Gasteiger partial charge on any atom is -0.489 e. The first kappa shape index (κ1) is 21.6. The van der Waals surface area contributed by atoms with E-state index in [1.165, 1.54) is 5.56 Å². The Morgan fingerprint density at radius 1 is 1.00 bits per heavy atom. The van der Waals surface area contributed by atoms with Crippen molar-refractivity contribution in [3.05, 3.63) is 100 Å².